The summed E-state index contributed by atoms with van der Waals surface area (Å²) >= 11 is 0. The third kappa shape index (κ3) is 3.16. The van der Waals surface area contributed by atoms with Crippen LogP contribution in [0.15, 0.2) is 17.3 Å². The summed E-state index contributed by atoms with van der Waals surface area (Å²) in [5.41, 5.74) is 6.54. The number of H-pyrrole nitrogens is 1. The molecule has 1 N–H and O–H groups in total. The molecule has 0 radical (unpaired) electrons. The number of aromatic nitrogens is 2. The van der Waals surface area contributed by atoms with Crippen molar-refractivity contribution in [3.8, 4) is 0 Å². The van der Waals surface area contributed by atoms with E-state index >= 15 is 0 Å². The normalized spacial score (nSPS) is 47.6. The van der Waals surface area contributed by atoms with Crippen LogP contribution in [0.4, 0.5) is 0 Å². The Morgan fingerprint density at radius 1 is 1.19 bits per heavy atom. The molecule has 1 spiro atoms. The maximum Gasteiger partial charge on any atom is 0.219 e. The Bertz CT molecular complexity index is 1110. The molecule has 2 saturated carbocycles. The van der Waals surface area contributed by atoms with E-state index in [1.165, 1.54) is 49.8 Å². The number of nitrogens with one attached hydrogen (secondary N) is 1. The lowest BCUT2D eigenvalue weighted by atomic mass is 9.52. The summed E-state index contributed by atoms with van der Waals surface area (Å²) in [7, 11) is 0. The quantitative estimate of drug-likeness (QED) is 0.473. The Hall–Kier alpha value is -1.62. The largest absolute Gasteiger partial charge is 0.369 e. The highest BCUT2D eigenvalue weighted by Crippen LogP contribution is 2.64. The van der Waals surface area contributed by atoms with Crippen molar-refractivity contribution in [2.45, 2.75) is 110 Å². The Kier molecular flexibility index (Phi) is 5.18. The summed E-state index contributed by atoms with van der Waals surface area (Å²) in [6.45, 7) is 12.4. The van der Waals surface area contributed by atoms with Gasteiger partial charge in [0.2, 0.25) is 5.91 Å². The molecule has 7 rings (SSSR count). The molecule has 6 aliphatic rings. The van der Waals surface area contributed by atoms with Crippen LogP contribution in [0.25, 0.3) is 0 Å². The van der Waals surface area contributed by atoms with Crippen LogP contribution in [0.1, 0.15) is 90.8 Å². The highest BCUT2D eigenvalue weighted by Gasteiger charge is 2.60. The molecule has 4 aliphatic carbocycles. The number of fused-ring (bicyclic) bond motifs is 7. The van der Waals surface area contributed by atoms with Gasteiger partial charge in [-0.2, -0.15) is 5.10 Å². The molecule has 1 amide bonds. The lowest BCUT2D eigenvalue weighted by Crippen LogP contribution is -2.53. The first-order valence-corrected chi connectivity index (χ1v) is 14.9. The summed E-state index contributed by atoms with van der Waals surface area (Å²) in [5, 5.41) is 7.75. The number of ether oxygens (including phenoxy) is 1. The Balaban J connectivity index is 1.18. The fourth-order valence-corrected chi connectivity index (χ4v) is 10.6. The Morgan fingerprint density at radius 3 is 2.83 bits per heavy atom. The van der Waals surface area contributed by atoms with Gasteiger partial charge in [0.05, 0.1) is 23.4 Å². The van der Waals surface area contributed by atoms with Crippen LogP contribution in [-0.2, 0) is 22.4 Å². The SMILES string of the molecule is CC(=O)N1C[C@@H](C)C[C@H]2O[C@]3(CC[C@@H]4C(=C(C)C3)C[C@H]3C4CCC4Cc5n[nH]cc5C[C@@]43C)[C@H](C)[C@@H]21. The van der Waals surface area contributed by atoms with E-state index < -0.39 is 0 Å². The van der Waals surface area contributed by atoms with Gasteiger partial charge in [0.15, 0.2) is 0 Å². The van der Waals surface area contributed by atoms with Crippen LogP contribution in [0, 0.1) is 40.9 Å². The highest BCUT2D eigenvalue weighted by molar-refractivity contribution is 5.74. The van der Waals surface area contributed by atoms with Crippen LogP contribution in [-0.4, -0.2) is 45.3 Å². The van der Waals surface area contributed by atoms with Crippen molar-refractivity contribution in [2.75, 3.05) is 6.54 Å². The number of rotatable bonds is 0. The van der Waals surface area contributed by atoms with Crippen molar-refractivity contribution in [3.63, 3.8) is 0 Å². The number of aromatic amines is 1. The average Bonchev–Trinajstić information content (AvgIpc) is 3.47. The molecule has 2 saturated heterocycles. The number of amides is 1. The topological polar surface area (TPSA) is 58.2 Å². The molecule has 196 valence electrons. The predicted molar refractivity (Wildman–Crippen MR) is 140 cm³/mol. The van der Waals surface area contributed by atoms with Gasteiger partial charge >= 0.3 is 0 Å². The third-order valence-electron chi connectivity index (χ3n) is 12.4. The smallest absolute Gasteiger partial charge is 0.219 e. The zero-order valence-corrected chi connectivity index (χ0v) is 23.0. The van der Waals surface area contributed by atoms with Crippen LogP contribution in [0.5, 0.6) is 0 Å². The summed E-state index contributed by atoms with van der Waals surface area (Å²) in [4.78, 5) is 14.8. The standard InChI is InChI=1S/C31H45N3O2/c1-17-10-28-29(34(16-17)20(4)35)19(3)31(36-28)9-8-23-24-7-6-22-11-27-21(15-32-33-27)14-30(22,5)26(24)12-25(23)18(2)13-31/h15,17,19,22-24,26,28-29H,6-14,16H2,1-5H3,(H,32,33)/t17-,19+,22?,23-,24?,26-,28+,29-,30-,31-/m0/s1. The number of piperidine rings is 1. The predicted octanol–water partition coefficient (Wildman–Crippen LogP) is 5.71. The number of hydrogen-bond acceptors (Lipinski definition) is 3. The number of likely N-dealkylation sites (tertiary alicyclic amines) is 1. The lowest BCUT2D eigenvalue weighted by Gasteiger charge is -2.52. The van der Waals surface area contributed by atoms with E-state index in [4.69, 9.17) is 4.74 Å². The summed E-state index contributed by atoms with van der Waals surface area (Å²) < 4.78 is 7.11. The van der Waals surface area contributed by atoms with Crippen molar-refractivity contribution in [2.24, 2.45) is 40.9 Å². The third-order valence-corrected chi connectivity index (χ3v) is 12.4. The van der Waals surface area contributed by atoms with Crippen molar-refractivity contribution < 1.29 is 9.53 Å². The van der Waals surface area contributed by atoms with Gasteiger partial charge in [0.1, 0.15) is 0 Å². The van der Waals surface area contributed by atoms with Crippen LogP contribution >= 0.6 is 0 Å². The van der Waals surface area contributed by atoms with Gasteiger partial charge in [0, 0.05) is 25.6 Å². The number of carbonyl (C=O) groups is 1. The zero-order chi connectivity index (χ0) is 25.0. The van der Waals surface area contributed by atoms with E-state index in [-0.39, 0.29) is 23.7 Å². The van der Waals surface area contributed by atoms with Gasteiger partial charge in [-0.25, -0.2) is 0 Å². The fourth-order valence-electron chi connectivity index (χ4n) is 10.6. The van der Waals surface area contributed by atoms with Gasteiger partial charge in [0.25, 0.3) is 0 Å². The molecule has 2 unspecified atom stereocenters. The van der Waals surface area contributed by atoms with E-state index in [1.807, 2.05) is 0 Å². The summed E-state index contributed by atoms with van der Waals surface area (Å²) in [6.07, 6.45) is 13.4. The van der Waals surface area contributed by atoms with E-state index in [2.05, 4.69) is 49.0 Å². The maximum absolute atomic E-state index is 12.6. The lowest BCUT2D eigenvalue weighted by molar-refractivity contribution is -0.137. The molecule has 36 heavy (non-hydrogen) atoms. The van der Waals surface area contributed by atoms with Crippen LogP contribution < -0.4 is 0 Å². The van der Waals surface area contributed by atoms with E-state index in [1.54, 1.807) is 18.1 Å². The van der Waals surface area contributed by atoms with Crippen molar-refractivity contribution in [1.82, 2.24) is 15.1 Å². The number of carbonyl (C=O) groups excluding carboxylic acids is 1. The minimum absolute atomic E-state index is 0.0956. The second-order valence-electron chi connectivity index (χ2n) is 14.1. The molecule has 5 heteroatoms. The first-order valence-electron chi connectivity index (χ1n) is 14.9. The zero-order valence-electron chi connectivity index (χ0n) is 23.0. The number of nitrogens with zero attached hydrogens (tertiary/aromatic N) is 2. The first kappa shape index (κ1) is 23.5. The van der Waals surface area contributed by atoms with Crippen LogP contribution in [0.2, 0.25) is 0 Å². The maximum atomic E-state index is 12.6. The molecular formula is C31H45N3O2. The second-order valence-corrected chi connectivity index (χ2v) is 14.1. The van der Waals surface area contributed by atoms with Crippen LogP contribution in [0.3, 0.4) is 0 Å². The van der Waals surface area contributed by atoms with Crippen molar-refractivity contribution in [1.29, 1.82) is 0 Å². The molecular weight excluding hydrogens is 446 g/mol. The molecule has 0 bridgehead atoms. The molecule has 3 heterocycles. The summed E-state index contributed by atoms with van der Waals surface area (Å²) in [6, 6.07) is 0.253. The fraction of sp³-hybridized carbons (Fsp3) is 0.806. The number of hydrogen-bond donors (Lipinski definition) is 1. The molecule has 10 atom stereocenters. The van der Waals surface area contributed by atoms with Gasteiger partial charge in [-0.3, -0.25) is 9.89 Å². The van der Waals surface area contributed by atoms with E-state index in [0.717, 1.165) is 49.5 Å². The molecule has 4 fully saturated rings. The minimum Gasteiger partial charge on any atom is -0.369 e. The molecule has 0 aromatic carbocycles. The van der Waals surface area contributed by atoms with E-state index in [9.17, 15) is 4.79 Å². The van der Waals surface area contributed by atoms with Gasteiger partial charge < -0.3 is 9.64 Å². The van der Waals surface area contributed by atoms with Gasteiger partial charge in [-0.1, -0.05) is 31.9 Å². The van der Waals surface area contributed by atoms with Gasteiger partial charge in [-0.05, 0) is 105 Å². The highest BCUT2D eigenvalue weighted by atomic mass is 16.5. The van der Waals surface area contributed by atoms with E-state index in [0.29, 0.717) is 17.3 Å². The molecule has 5 nitrogen and oxygen atoms in total. The Morgan fingerprint density at radius 2 is 2.03 bits per heavy atom. The Labute approximate surface area is 216 Å². The number of allylic oxidation sites excluding steroid dienone is 1. The molecule has 2 aliphatic heterocycles. The minimum atomic E-state index is -0.0956. The van der Waals surface area contributed by atoms with Gasteiger partial charge in [-0.15, -0.1) is 0 Å². The van der Waals surface area contributed by atoms with Crippen molar-refractivity contribution in [3.05, 3.63) is 28.6 Å². The molecule has 1 aromatic rings. The van der Waals surface area contributed by atoms with Crippen molar-refractivity contribution >= 4 is 5.91 Å². The monoisotopic (exact) mass is 491 g/mol. The average molecular weight is 492 g/mol. The molecule has 1 aromatic heterocycles. The summed E-state index contributed by atoms with van der Waals surface area (Å²) in [5.74, 6) is 4.30. The first-order chi connectivity index (χ1) is 17.2. The second kappa shape index (κ2) is 7.94.